The van der Waals surface area contributed by atoms with Crippen LogP contribution in [0.2, 0.25) is 10.0 Å². The van der Waals surface area contributed by atoms with Crippen LogP contribution < -0.4 is 4.72 Å². The Morgan fingerprint density at radius 3 is 2.25 bits per heavy atom. The average molecular weight is 222 g/mol. The summed E-state index contributed by atoms with van der Waals surface area (Å²) in [5, 5.41) is 0.628. The van der Waals surface area contributed by atoms with Gasteiger partial charge in [-0.15, -0.1) is 0 Å². The van der Waals surface area contributed by atoms with E-state index in [2.05, 4.69) is 17.5 Å². The van der Waals surface area contributed by atoms with Crippen molar-refractivity contribution < 1.29 is 4.79 Å². The summed E-state index contributed by atoms with van der Waals surface area (Å²) in [4.78, 5) is 11.1. The molecule has 0 saturated heterocycles. The van der Waals surface area contributed by atoms with Gasteiger partial charge in [0.15, 0.2) is 0 Å². The Morgan fingerprint density at radius 2 is 1.83 bits per heavy atom. The number of nitrogens with one attached hydrogen (secondary N) is 1. The second kappa shape index (κ2) is 4.03. The van der Waals surface area contributed by atoms with E-state index in [0.29, 0.717) is 10.0 Å². The molecule has 0 heterocycles. The maximum atomic E-state index is 11.1. The van der Waals surface area contributed by atoms with Crippen molar-refractivity contribution in [2.45, 2.75) is 0 Å². The number of carbonyl (C=O) groups is 1. The highest BCUT2D eigenvalue weighted by Gasteiger charge is 2.12. The van der Waals surface area contributed by atoms with Crippen LogP contribution in [0.15, 0.2) is 18.2 Å². The summed E-state index contributed by atoms with van der Waals surface area (Å²) >= 11 is 15.1. The van der Waals surface area contributed by atoms with E-state index in [-0.39, 0.29) is 5.56 Å². The van der Waals surface area contributed by atoms with Crippen molar-refractivity contribution in [2.75, 3.05) is 0 Å². The molecule has 1 aromatic rings. The topological polar surface area (TPSA) is 29.1 Å². The number of thiol groups is 1. The highest BCUT2D eigenvalue weighted by Crippen LogP contribution is 2.23. The van der Waals surface area contributed by atoms with Crippen LogP contribution in [-0.4, -0.2) is 5.91 Å². The number of benzene rings is 1. The van der Waals surface area contributed by atoms with E-state index in [1.165, 1.54) is 0 Å². The zero-order valence-corrected chi connectivity index (χ0v) is 8.25. The molecule has 0 bridgehead atoms. The van der Waals surface area contributed by atoms with Gasteiger partial charge in [0.05, 0.1) is 15.6 Å². The summed E-state index contributed by atoms with van der Waals surface area (Å²) in [6, 6.07) is 4.84. The summed E-state index contributed by atoms with van der Waals surface area (Å²) in [6.45, 7) is 0. The molecular weight excluding hydrogens is 217 g/mol. The van der Waals surface area contributed by atoms with E-state index in [4.69, 9.17) is 23.2 Å². The van der Waals surface area contributed by atoms with Gasteiger partial charge >= 0.3 is 0 Å². The van der Waals surface area contributed by atoms with E-state index in [9.17, 15) is 4.79 Å². The van der Waals surface area contributed by atoms with Crippen molar-refractivity contribution >= 4 is 41.9 Å². The lowest BCUT2D eigenvalue weighted by molar-refractivity contribution is 0.0985. The molecule has 0 unspecified atom stereocenters. The quantitative estimate of drug-likeness (QED) is 0.702. The van der Waals surface area contributed by atoms with E-state index >= 15 is 0 Å². The van der Waals surface area contributed by atoms with Gasteiger partial charge < -0.3 is 0 Å². The van der Waals surface area contributed by atoms with Gasteiger partial charge in [-0.25, -0.2) is 0 Å². The maximum Gasteiger partial charge on any atom is 0.263 e. The fourth-order valence-electron chi connectivity index (χ4n) is 0.771. The minimum atomic E-state index is -0.408. The Bertz CT molecular complexity index is 296. The maximum absolute atomic E-state index is 11.1. The Labute approximate surface area is 85.4 Å². The van der Waals surface area contributed by atoms with Gasteiger partial charge in [-0.3, -0.25) is 9.52 Å². The van der Waals surface area contributed by atoms with Crippen LogP contribution in [0.1, 0.15) is 10.4 Å². The van der Waals surface area contributed by atoms with Crippen molar-refractivity contribution in [3.05, 3.63) is 33.8 Å². The van der Waals surface area contributed by atoms with Crippen molar-refractivity contribution in [3.63, 3.8) is 0 Å². The molecule has 0 radical (unpaired) electrons. The van der Waals surface area contributed by atoms with Crippen LogP contribution in [0.4, 0.5) is 0 Å². The summed E-state index contributed by atoms with van der Waals surface area (Å²) in [5.74, 6) is -0.408. The molecule has 1 amide bonds. The van der Waals surface area contributed by atoms with E-state index < -0.39 is 5.91 Å². The fraction of sp³-hybridized carbons (Fsp3) is 0. The Hall–Kier alpha value is -0.380. The van der Waals surface area contributed by atoms with Crippen molar-refractivity contribution in [3.8, 4) is 0 Å². The van der Waals surface area contributed by atoms with Crippen LogP contribution in [0.3, 0.4) is 0 Å². The first-order chi connectivity index (χ1) is 5.66. The van der Waals surface area contributed by atoms with Crippen molar-refractivity contribution in [1.29, 1.82) is 0 Å². The van der Waals surface area contributed by atoms with Crippen molar-refractivity contribution in [1.82, 2.24) is 4.72 Å². The smallest absolute Gasteiger partial charge is 0.263 e. The fourth-order valence-corrected chi connectivity index (χ4v) is 1.45. The highest BCUT2D eigenvalue weighted by atomic mass is 35.5. The molecule has 1 rings (SSSR count). The number of amides is 1. The van der Waals surface area contributed by atoms with E-state index in [0.717, 1.165) is 0 Å². The molecule has 0 aromatic heterocycles. The first-order valence-corrected chi connectivity index (χ1v) is 4.25. The second-order valence-electron chi connectivity index (χ2n) is 2.04. The standard InChI is InChI=1S/C7H5Cl2NOS/c8-4-2-1-3-5(9)6(4)7(11)10-12/h1-3,12H,(H,10,11). The minimum Gasteiger partial charge on any atom is -0.299 e. The number of carbonyl (C=O) groups excluding carboxylic acids is 1. The third-order valence-corrected chi connectivity index (χ3v) is 2.12. The van der Waals surface area contributed by atoms with Gasteiger partial charge in [-0.05, 0) is 12.1 Å². The number of hydrogen-bond donors (Lipinski definition) is 2. The third kappa shape index (κ3) is 1.86. The molecule has 0 atom stereocenters. The van der Waals surface area contributed by atoms with Gasteiger partial charge in [0.25, 0.3) is 5.91 Å². The predicted octanol–water partition coefficient (Wildman–Crippen LogP) is 2.57. The van der Waals surface area contributed by atoms with Crippen LogP contribution in [0.5, 0.6) is 0 Å². The average Bonchev–Trinajstić information content (AvgIpc) is 2.03. The Kier molecular flexibility index (Phi) is 3.26. The van der Waals surface area contributed by atoms with Crippen molar-refractivity contribution in [2.24, 2.45) is 0 Å². The van der Waals surface area contributed by atoms with Crippen LogP contribution in [-0.2, 0) is 0 Å². The zero-order chi connectivity index (χ0) is 9.14. The van der Waals surface area contributed by atoms with Gasteiger partial charge in [0.2, 0.25) is 0 Å². The molecule has 2 nitrogen and oxygen atoms in total. The van der Waals surface area contributed by atoms with Crippen LogP contribution in [0, 0.1) is 0 Å². The molecule has 0 aliphatic carbocycles. The minimum absolute atomic E-state index is 0.246. The predicted molar refractivity (Wildman–Crippen MR) is 52.9 cm³/mol. The van der Waals surface area contributed by atoms with Crippen LogP contribution in [0.25, 0.3) is 0 Å². The molecule has 1 N–H and O–H groups in total. The molecule has 12 heavy (non-hydrogen) atoms. The summed E-state index contributed by atoms with van der Waals surface area (Å²) in [5.41, 5.74) is 0.246. The van der Waals surface area contributed by atoms with Gasteiger partial charge in [0, 0.05) is 0 Å². The Balaban J connectivity index is 3.21. The molecular formula is C7H5Cl2NOS. The van der Waals surface area contributed by atoms with E-state index in [1.807, 2.05) is 0 Å². The van der Waals surface area contributed by atoms with Gasteiger partial charge in [-0.1, -0.05) is 42.1 Å². The molecule has 5 heteroatoms. The second-order valence-corrected chi connectivity index (χ2v) is 3.08. The normalized spacial score (nSPS) is 9.58. The van der Waals surface area contributed by atoms with Gasteiger partial charge in [-0.2, -0.15) is 0 Å². The molecule has 1 aromatic carbocycles. The molecule has 64 valence electrons. The monoisotopic (exact) mass is 221 g/mol. The Morgan fingerprint density at radius 1 is 1.33 bits per heavy atom. The number of halogens is 2. The number of hydrogen-bond acceptors (Lipinski definition) is 2. The molecule has 0 aliphatic rings. The largest absolute Gasteiger partial charge is 0.299 e. The SMILES string of the molecule is O=C(NS)c1c(Cl)cccc1Cl. The zero-order valence-electron chi connectivity index (χ0n) is 5.84. The molecule has 0 fully saturated rings. The lowest BCUT2D eigenvalue weighted by Gasteiger charge is -2.03. The third-order valence-electron chi connectivity index (χ3n) is 1.29. The van der Waals surface area contributed by atoms with Gasteiger partial charge in [0.1, 0.15) is 0 Å². The lowest BCUT2D eigenvalue weighted by atomic mass is 10.2. The molecule has 0 spiro atoms. The van der Waals surface area contributed by atoms with E-state index in [1.54, 1.807) is 18.2 Å². The summed E-state index contributed by atoms with van der Waals surface area (Å²) in [7, 11) is 0. The van der Waals surface area contributed by atoms with Crippen LogP contribution >= 0.6 is 36.0 Å². The molecule has 0 aliphatic heterocycles. The summed E-state index contributed by atoms with van der Waals surface area (Å²) < 4.78 is 2.15. The summed E-state index contributed by atoms with van der Waals surface area (Å²) in [6.07, 6.45) is 0. The number of rotatable bonds is 1. The molecule has 0 saturated carbocycles. The highest BCUT2D eigenvalue weighted by molar-refractivity contribution is 7.78. The first kappa shape index (κ1) is 9.71. The first-order valence-electron chi connectivity index (χ1n) is 3.05. The lowest BCUT2D eigenvalue weighted by Crippen LogP contribution is -2.13.